The Balaban J connectivity index is 2.85. The van der Waals surface area contributed by atoms with E-state index in [1.54, 1.807) is 0 Å². The largest absolute Gasteiger partial charge is 0.315 e. The molecule has 0 radical (unpaired) electrons. The SMILES string of the molecule is CCCN1C(C)(C)CCNCC1(C)C. The number of hydrogen-bond donors (Lipinski definition) is 1. The van der Waals surface area contributed by atoms with Crippen LogP contribution in [0.5, 0.6) is 0 Å². The van der Waals surface area contributed by atoms with Crippen LogP contribution in [0.1, 0.15) is 47.5 Å². The molecule has 1 aliphatic rings. The number of nitrogens with one attached hydrogen (secondary N) is 1. The minimum Gasteiger partial charge on any atom is -0.315 e. The summed E-state index contributed by atoms with van der Waals surface area (Å²) < 4.78 is 0. The van der Waals surface area contributed by atoms with Crippen molar-refractivity contribution < 1.29 is 0 Å². The Kier molecular flexibility index (Phi) is 3.59. The van der Waals surface area contributed by atoms with E-state index in [0.29, 0.717) is 5.54 Å². The molecule has 1 heterocycles. The normalized spacial score (nSPS) is 27.2. The van der Waals surface area contributed by atoms with Crippen molar-refractivity contribution in [2.75, 3.05) is 19.6 Å². The Morgan fingerprint density at radius 3 is 2.36 bits per heavy atom. The Hall–Kier alpha value is -0.0800. The Labute approximate surface area is 89.1 Å². The van der Waals surface area contributed by atoms with Gasteiger partial charge in [0, 0.05) is 17.6 Å². The molecule has 0 atom stereocenters. The van der Waals surface area contributed by atoms with Gasteiger partial charge in [0.05, 0.1) is 0 Å². The second kappa shape index (κ2) is 4.19. The molecule has 0 aromatic carbocycles. The zero-order valence-electron chi connectivity index (χ0n) is 10.5. The lowest BCUT2D eigenvalue weighted by Crippen LogP contribution is -2.56. The van der Waals surface area contributed by atoms with E-state index in [1.807, 2.05) is 0 Å². The van der Waals surface area contributed by atoms with Crippen LogP contribution in [0.2, 0.25) is 0 Å². The molecule has 0 spiro atoms. The topological polar surface area (TPSA) is 15.3 Å². The van der Waals surface area contributed by atoms with E-state index in [0.717, 1.165) is 13.1 Å². The van der Waals surface area contributed by atoms with Crippen molar-refractivity contribution in [2.45, 2.75) is 58.5 Å². The Bertz CT molecular complexity index is 167. The molecular weight excluding hydrogens is 172 g/mol. The quantitative estimate of drug-likeness (QED) is 0.732. The van der Waals surface area contributed by atoms with Gasteiger partial charge >= 0.3 is 0 Å². The molecule has 0 aliphatic carbocycles. The van der Waals surface area contributed by atoms with Crippen molar-refractivity contribution in [3.05, 3.63) is 0 Å². The molecule has 0 unspecified atom stereocenters. The molecule has 14 heavy (non-hydrogen) atoms. The Morgan fingerprint density at radius 1 is 1.14 bits per heavy atom. The van der Waals surface area contributed by atoms with Crippen molar-refractivity contribution in [3.63, 3.8) is 0 Å². The summed E-state index contributed by atoms with van der Waals surface area (Å²) in [6.07, 6.45) is 2.49. The van der Waals surface area contributed by atoms with Gasteiger partial charge in [-0.2, -0.15) is 0 Å². The highest BCUT2D eigenvalue weighted by Crippen LogP contribution is 2.29. The van der Waals surface area contributed by atoms with Gasteiger partial charge in [-0.1, -0.05) is 6.92 Å². The van der Waals surface area contributed by atoms with E-state index in [-0.39, 0.29) is 5.54 Å². The minimum absolute atomic E-state index is 0.288. The third-order valence-electron chi connectivity index (χ3n) is 3.38. The summed E-state index contributed by atoms with van der Waals surface area (Å²) in [5.74, 6) is 0. The number of nitrogens with zero attached hydrogens (tertiary/aromatic N) is 1. The molecular formula is C12H26N2. The lowest BCUT2D eigenvalue weighted by molar-refractivity contribution is 0.0279. The first-order valence-electron chi connectivity index (χ1n) is 5.88. The first-order chi connectivity index (χ1) is 6.40. The van der Waals surface area contributed by atoms with Crippen LogP contribution in [0.25, 0.3) is 0 Å². The van der Waals surface area contributed by atoms with Crippen molar-refractivity contribution in [3.8, 4) is 0 Å². The fraction of sp³-hybridized carbons (Fsp3) is 1.00. The van der Waals surface area contributed by atoms with E-state index in [2.05, 4.69) is 44.8 Å². The fourth-order valence-corrected chi connectivity index (χ4v) is 2.67. The maximum absolute atomic E-state index is 3.54. The number of hydrogen-bond acceptors (Lipinski definition) is 2. The van der Waals surface area contributed by atoms with E-state index in [1.165, 1.54) is 19.4 Å². The summed E-state index contributed by atoms with van der Waals surface area (Å²) >= 11 is 0. The maximum atomic E-state index is 3.54. The Morgan fingerprint density at radius 2 is 1.79 bits per heavy atom. The zero-order valence-corrected chi connectivity index (χ0v) is 10.5. The minimum atomic E-state index is 0.288. The lowest BCUT2D eigenvalue weighted by Gasteiger charge is -2.47. The van der Waals surface area contributed by atoms with Crippen LogP contribution in [-0.2, 0) is 0 Å². The van der Waals surface area contributed by atoms with Gasteiger partial charge in [0.1, 0.15) is 0 Å². The van der Waals surface area contributed by atoms with Crippen LogP contribution < -0.4 is 5.32 Å². The average molecular weight is 198 g/mol. The van der Waals surface area contributed by atoms with E-state index >= 15 is 0 Å². The van der Waals surface area contributed by atoms with Crippen LogP contribution in [0, 0.1) is 0 Å². The van der Waals surface area contributed by atoms with Crippen LogP contribution >= 0.6 is 0 Å². The summed E-state index contributed by atoms with van der Waals surface area (Å²) in [5, 5.41) is 3.54. The summed E-state index contributed by atoms with van der Waals surface area (Å²) in [4.78, 5) is 2.67. The summed E-state index contributed by atoms with van der Waals surface area (Å²) in [6, 6.07) is 0. The van der Waals surface area contributed by atoms with Crippen LogP contribution in [0.3, 0.4) is 0 Å². The molecule has 1 rings (SSSR count). The van der Waals surface area contributed by atoms with Gasteiger partial charge in [0.2, 0.25) is 0 Å². The molecule has 1 saturated heterocycles. The second-order valence-corrected chi connectivity index (χ2v) is 5.70. The zero-order chi connectivity index (χ0) is 10.8. The van der Waals surface area contributed by atoms with Crippen LogP contribution in [-0.4, -0.2) is 35.6 Å². The van der Waals surface area contributed by atoms with E-state index < -0.39 is 0 Å². The lowest BCUT2D eigenvalue weighted by atomic mass is 9.92. The molecule has 1 aliphatic heterocycles. The molecule has 0 aromatic heterocycles. The molecule has 2 nitrogen and oxygen atoms in total. The third kappa shape index (κ3) is 2.48. The van der Waals surface area contributed by atoms with E-state index in [4.69, 9.17) is 0 Å². The van der Waals surface area contributed by atoms with Crippen LogP contribution in [0.4, 0.5) is 0 Å². The first kappa shape index (κ1) is 12.0. The average Bonchev–Trinajstić information content (AvgIpc) is 2.15. The van der Waals surface area contributed by atoms with Crippen molar-refractivity contribution in [1.82, 2.24) is 10.2 Å². The van der Waals surface area contributed by atoms with Gasteiger partial charge in [-0.25, -0.2) is 0 Å². The summed E-state index contributed by atoms with van der Waals surface area (Å²) in [5.41, 5.74) is 0.624. The molecule has 2 heteroatoms. The van der Waals surface area contributed by atoms with Gasteiger partial charge in [0.25, 0.3) is 0 Å². The maximum Gasteiger partial charge on any atom is 0.0282 e. The highest BCUT2D eigenvalue weighted by Gasteiger charge is 2.38. The van der Waals surface area contributed by atoms with Gasteiger partial charge < -0.3 is 5.32 Å². The smallest absolute Gasteiger partial charge is 0.0282 e. The van der Waals surface area contributed by atoms with Crippen molar-refractivity contribution >= 4 is 0 Å². The summed E-state index contributed by atoms with van der Waals surface area (Å²) in [6.45, 7) is 15.2. The molecule has 0 aromatic rings. The monoisotopic (exact) mass is 198 g/mol. The molecule has 1 fully saturated rings. The molecule has 0 saturated carbocycles. The highest BCUT2D eigenvalue weighted by atomic mass is 15.3. The fourth-order valence-electron chi connectivity index (χ4n) is 2.67. The highest BCUT2D eigenvalue weighted by molar-refractivity contribution is 4.96. The van der Waals surface area contributed by atoms with Crippen LogP contribution in [0.15, 0.2) is 0 Å². The van der Waals surface area contributed by atoms with Gasteiger partial charge in [-0.15, -0.1) is 0 Å². The molecule has 0 amide bonds. The predicted molar refractivity (Wildman–Crippen MR) is 62.6 cm³/mol. The second-order valence-electron chi connectivity index (χ2n) is 5.70. The molecule has 84 valence electrons. The van der Waals surface area contributed by atoms with Gasteiger partial charge in [-0.3, -0.25) is 4.90 Å². The van der Waals surface area contributed by atoms with Gasteiger partial charge in [0.15, 0.2) is 0 Å². The summed E-state index contributed by atoms with van der Waals surface area (Å²) in [7, 11) is 0. The molecule has 1 N–H and O–H groups in total. The van der Waals surface area contributed by atoms with Crippen molar-refractivity contribution in [1.29, 1.82) is 0 Å². The number of rotatable bonds is 2. The van der Waals surface area contributed by atoms with Gasteiger partial charge in [-0.05, 0) is 53.6 Å². The predicted octanol–water partition coefficient (Wildman–Crippen LogP) is 2.25. The first-order valence-corrected chi connectivity index (χ1v) is 5.88. The third-order valence-corrected chi connectivity index (χ3v) is 3.38. The van der Waals surface area contributed by atoms with Crippen molar-refractivity contribution in [2.24, 2.45) is 0 Å². The standard InChI is InChI=1S/C12H26N2/c1-6-9-14-11(2,3)7-8-13-10-12(14,4)5/h13H,6-10H2,1-5H3. The molecule has 0 bridgehead atoms. The van der Waals surface area contributed by atoms with E-state index in [9.17, 15) is 0 Å².